The van der Waals surface area contributed by atoms with Gasteiger partial charge < -0.3 is 9.47 Å². The molecule has 93 valence electrons. The molecule has 0 unspecified atom stereocenters. The predicted molar refractivity (Wildman–Crippen MR) is 59.3 cm³/mol. The fourth-order valence-electron chi connectivity index (χ4n) is 1.30. The van der Waals surface area contributed by atoms with Crippen LogP contribution in [0.4, 0.5) is 0 Å². The molecule has 0 atom stereocenters. The van der Waals surface area contributed by atoms with E-state index in [9.17, 15) is 14.9 Å². The Morgan fingerprint density at radius 3 is 3.00 bits per heavy atom. The Kier molecular flexibility index (Phi) is 5.19. The quantitative estimate of drug-likeness (QED) is 0.400. The largest absolute Gasteiger partial charge is 0.486 e. The maximum Gasteiger partial charge on any atom is 0.309 e. The van der Waals surface area contributed by atoms with Gasteiger partial charge in [0.2, 0.25) is 0 Å². The molecule has 0 fully saturated rings. The molecule has 0 aromatic carbocycles. The first-order valence-corrected chi connectivity index (χ1v) is 5.32. The second-order valence-corrected chi connectivity index (χ2v) is 3.25. The lowest BCUT2D eigenvalue weighted by atomic mass is 10.1. The first-order chi connectivity index (χ1) is 8.15. The molecule has 6 heteroatoms. The number of nitro groups is 1. The molecule has 1 aliphatic rings. The van der Waals surface area contributed by atoms with Gasteiger partial charge in [0.05, 0.1) is 31.0 Å². The van der Waals surface area contributed by atoms with Crippen molar-refractivity contribution in [1.82, 2.24) is 0 Å². The van der Waals surface area contributed by atoms with Crippen LogP contribution in [-0.4, -0.2) is 24.1 Å². The third-order valence-electron chi connectivity index (χ3n) is 2.03. The minimum Gasteiger partial charge on any atom is -0.486 e. The lowest BCUT2D eigenvalue weighted by Gasteiger charge is -2.10. The highest BCUT2D eigenvalue weighted by Crippen LogP contribution is 2.19. The van der Waals surface area contributed by atoms with Crippen molar-refractivity contribution in [2.45, 2.75) is 19.8 Å². The number of ether oxygens (including phenoxy) is 2. The normalized spacial score (nSPS) is 14.6. The molecule has 0 aromatic heterocycles. The fourth-order valence-corrected chi connectivity index (χ4v) is 1.30. The minimum atomic E-state index is -0.497. The molecule has 0 amide bonds. The number of hydrogen-bond acceptors (Lipinski definition) is 5. The van der Waals surface area contributed by atoms with Gasteiger partial charge in [-0.05, 0) is 19.4 Å². The Morgan fingerprint density at radius 1 is 1.59 bits per heavy atom. The molecule has 0 aromatic rings. The number of esters is 1. The lowest BCUT2D eigenvalue weighted by Crippen LogP contribution is -2.11. The van der Waals surface area contributed by atoms with E-state index in [0.29, 0.717) is 13.0 Å². The summed E-state index contributed by atoms with van der Waals surface area (Å²) in [4.78, 5) is 21.2. The van der Waals surface area contributed by atoms with Crippen molar-refractivity contribution in [1.29, 1.82) is 0 Å². The summed E-state index contributed by atoms with van der Waals surface area (Å²) in [6.45, 7) is 2.10. The number of hydrogen-bond donors (Lipinski definition) is 0. The van der Waals surface area contributed by atoms with Gasteiger partial charge in [0.1, 0.15) is 0 Å². The Bertz CT molecular complexity index is 359. The van der Waals surface area contributed by atoms with E-state index in [1.165, 1.54) is 6.42 Å². The molecule has 0 spiro atoms. The first-order valence-electron chi connectivity index (χ1n) is 5.32. The van der Waals surface area contributed by atoms with E-state index in [4.69, 9.17) is 9.47 Å². The molecular formula is C11H14NO5. The Morgan fingerprint density at radius 2 is 2.35 bits per heavy atom. The van der Waals surface area contributed by atoms with Crippen molar-refractivity contribution in [2.24, 2.45) is 0 Å². The number of carbonyl (C=O) groups is 1. The lowest BCUT2D eigenvalue weighted by molar-refractivity contribution is -0.424. The van der Waals surface area contributed by atoms with Crippen LogP contribution in [0.25, 0.3) is 0 Å². The summed E-state index contributed by atoms with van der Waals surface area (Å²) in [5.41, 5.74) is -0.0589. The van der Waals surface area contributed by atoms with Crippen molar-refractivity contribution < 1.29 is 19.2 Å². The van der Waals surface area contributed by atoms with Crippen LogP contribution >= 0.6 is 0 Å². The average molecular weight is 240 g/mol. The topological polar surface area (TPSA) is 78.7 Å². The van der Waals surface area contributed by atoms with E-state index in [1.807, 2.05) is 0 Å². The van der Waals surface area contributed by atoms with Crippen molar-refractivity contribution in [2.75, 3.05) is 13.2 Å². The number of rotatable bonds is 6. The van der Waals surface area contributed by atoms with E-state index in [1.54, 1.807) is 19.1 Å². The van der Waals surface area contributed by atoms with Gasteiger partial charge in [0.25, 0.3) is 5.70 Å². The van der Waals surface area contributed by atoms with Gasteiger partial charge in [0, 0.05) is 0 Å². The standard InChI is InChI=1S/C11H14NO5/c1-2-16-11(13)7-8-17-10-6-4-3-5-9(10)12(14)15/h4-6H,2-3,7-8H2,1H3. The molecule has 0 bridgehead atoms. The van der Waals surface area contributed by atoms with Crippen LogP contribution < -0.4 is 0 Å². The van der Waals surface area contributed by atoms with Gasteiger partial charge in [-0.3, -0.25) is 14.9 Å². The van der Waals surface area contributed by atoms with Crippen LogP contribution in [0.2, 0.25) is 0 Å². The fraction of sp³-hybridized carbons (Fsp3) is 0.455. The van der Waals surface area contributed by atoms with Gasteiger partial charge in [-0.25, -0.2) is 0 Å². The van der Waals surface area contributed by atoms with Crippen LogP contribution in [-0.2, 0) is 14.3 Å². The Hall–Kier alpha value is -1.85. The molecule has 17 heavy (non-hydrogen) atoms. The summed E-state index contributed by atoms with van der Waals surface area (Å²) < 4.78 is 9.90. The second-order valence-electron chi connectivity index (χ2n) is 3.25. The predicted octanol–water partition coefficient (Wildman–Crippen LogP) is 1.61. The molecule has 0 N–H and O–H groups in total. The number of carbonyl (C=O) groups excluding carboxylic acids is 1. The third-order valence-corrected chi connectivity index (χ3v) is 2.03. The highest BCUT2D eigenvalue weighted by molar-refractivity contribution is 5.69. The molecule has 1 radical (unpaired) electrons. The molecule has 0 saturated heterocycles. The maximum atomic E-state index is 11.0. The molecule has 1 aliphatic carbocycles. The molecule has 1 rings (SSSR count). The summed E-state index contributed by atoms with van der Waals surface area (Å²) in [7, 11) is 0. The summed E-state index contributed by atoms with van der Waals surface area (Å²) in [6, 6.07) is 0. The molecular weight excluding hydrogens is 226 g/mol. The van der Waals surface area contributed by atoms with Gasteiger partial charge >= 0.3 is 5.97 Å². The number of allylic oxidation sites excluding steroid dienone is 3. The zero-order valence-electron chi connectivity index (χ0n) is 9.55. The van der Waals surface area contributed by atoms with Crippen LogP contribution in [0.1, 0.15) is 19.8 Å². The van der Waals surface area contributed by atoms with E-state index in [2.05, 4.69) is 0 Å². The maximum absolute atomic E-state index is 11.0. The van der Waals surface area contributed by atoms with Gasteiger partial charge in [-0.1, -0.05) is 6.08 Å². The van der Waals surface area contributed by atoms with Crippen molar-refractivity contribution in [3.05, 3.63) is 40.1 Å². The second kappa shape index (κ2) is 6.67. The van der Waals surface area contributed by atoms with Gasteiger partial charge in [-0.15, -0.1) is 0 Å². The highest BCUT2D eigenvalue weighted by Gasteiger charge is 2.21. The van der Waals surface area contributed by atoms with Crippen LogP contribution in [0.15, 0.2) is 23.6 Å². The molecule has 0 aliphatic heterocycles. The first kappa shape index (κ1) is 13.2. The summed E-state index contributed by atoms with van der Waals surface area (Å²) in [5.74, 6) is -0.190. The van der Waals surface area contributed by atoms with Crippen molar-refractivity contribution in [3.8, 4) is 0 Å². The summed E-state index contributed by atoms with van der Waals surface area (Å²) in [6.07, 6.45) is 5.37. The summed E-state index contributed by atoms with van der Waals surface area (Å²) >= 11 is 0. The van der Waals surface area contributed by atoms with Crippen LogP contribution in [0.5, 0.6) is 0 Å². The van der Waals surface area contributed by atoms with Crippen molar-refractivity contribution >= 4 is 5.97 Å². The SMILES string of the molecule is CCOC(=O)CCOC1=C([N+](=O)[O-])[CH]CC=C1. The minimum absolute atomic E-state index is 0.0589. The number of nitrogens with zero attached hydrogens (tertiary/aromatic N) is 1. The Labute approximate surface area is 99.0 Å². The molecule has 6 nitrogen and oxygen atoms in total. The monoisotopic (exact) mass is 240 g/mol. The molecule has 0 saturated carbocycles. The summed E-state index contributed by atoms with van der Waals surface area (Å²) in [5, 5.41) is 10.7. The van der Waals surface area contributed by atoms with E-state index < -0.39 is 4.92 Å². The van der Waals surface area contributed by atoms with Gasteiger partial charge in [-0.2, -0.15) is 0 Å². The zero-order chi connectivity index (χ0) is 12.7. The highest BCUT2D eigenvalue weighted by atomic mass is 16.6. The van der Waals surface area contributed by atoms with Crippen LogP contribution in [0.3, 0.4) is 0 Å². The Balaban J connectivity index is 2.46. The van der Waals surface area contributed by atoms with Gasteiger partial charge in [0.15, 0.2) is 5.76 Å². The van der Waals surface area contributed by atoms with E-state index in [-0.39, 0.29) is 30.5 Å². The van der Waals surface area contributed by atoms with E-state index in [0.717, 1.165) is 0 Å². The van der Waals surface area contributed by atoms with Crippen LogP contribution in [0, 0.1) is 16.5 Å². The molecule has 0 heterocycles. The zero-order valence-corrected chi connectivity index (χ0v) is 9.55. The van der Waals surface area contributed by atoms with Crippen molar-refractivity contribution in [3.63, 3.8) is 0 Å². The van der Waals surface area contributed by atoms with E-state index >= 15 is 0 Å². The smallest absolute Gasteiger partial charge is 0.309 e. The average Bonchev–Trinajstić information content (AvgIpc) is 2.30. The third kappa shape index (κ3) is 4.26.